The zero-order valence-corrected chi connectivity index (χ0v) is 12.7. The molecular formula is C17H13NO6. The minimum absolute atomic E-state index is 0.103. The predicted molar refractivity (Wildman–Crippen MR) is 83.2 cm³/mol. The van der Waals surface area contributed by atoms with Crippen molar-refractivity contribution in [2.45, 2.75) is 0 Å². The number of methoxy groups -OCH3 is 1. The number of ether oxygens (including phenoxy) is 3. The summed E-state index contributed by atoms with van der Waals surface area (Å²) >= 11 is 0. The van der Waals surface area contributed by atoms with Crippen LogP contribution in [0.25, 0.3) is 0 Å². The molecule has 2 aromatic carbocycles. The zero-order chi connectivity index (χ0) is 17.1. The summed E-state index contributed by atoms with van der Waals surface area (Å²) in [5, 5.41) is 0. The number of nitrogens with zero attached hydrogens (tertiary/aromatic N) is 1. The molecule has 7 heteroatoms. The third-order valence-corrected chi connectivity index (χ3v) is 3.48. The summed E-state index contributed by atoms with van der Waals surface area (Å²) in [5.41, 5.74) is 0.876. The molecule has 7 nitrogen and oxygen atoms in total. The van der Waals surface area contributed by atoms with Crippen LogP contribution in [-0.2, 0) is 9.53 Å². The van der Waals surface area contributed by atoms with Crippen molar-refractivity contribution in [3.05, 3.63) is 53.6 Å². The zero-order valence-electron chi connectivity index (χ0n) is 12.7. The van der Waals surface area contributed by atoms with Gasteiger partial charge in [-0.25, -0.2) is 4.90 Å². The summed E-state index contributed by atoms with van der Waals surface area (Å²) in [7, 11) is 1.51. The molecule has 0 fully saturated rings. The van der Waals surface area contributed by atoms with Crippen molar-refractivity contribution in [2.75, 3.05) is 18.8 Å². The molecule has 122 valence electrons. The first kappa shape index (κ1) is 15.7. The molecule has 0 bridgehead atoms. The molecule has 0 radical (unpaired) electrons. The molecule has 3 rings (SSSR count). The summed E-state index contributed by atoms with van der Waals surface area (Å²) in [4.78, 5) is 36.5. The Morgan fingerprint density at radius 2 is 1.62 bits per heavy atom. The standard InChI is InChI=1S/C17H13NO6/c1-22-10-24-12-4-2-11(3-5-12)18-16(20)14-7-6-13(23-9-19)8-15(14)17(18)21/h2-9H,10H2,1H3. The minimum Gasteiger partial charge on any atom is -0.468 e. The fraction of sp³-hybridized carbons (Fsp3) is 0.118. The highest BCUT2D eigenvalue weighted by atomic mass is 16.7. The van der Waals surface area contributed by atoms with E-state index in [1.807, 2.05) is 0 Å². The molecule has 0 aromatic heterocycles. The number of carbonyl (C=O) groups is 3. The second-order valence-electron chi connectivity index (χ2n) is 4.91. The molecule has 1 heterocycles. The Morgan fingerprint density at radius 3 is 2.29 bits per heavy atom. The van der Waals surface area contributed by atoms with E-state index in [1.165, 1.54) is 25.3 Å². The van der Waals surface area contributed by atoms with Crippen LogP contribution in [0.5, 0.6) is 11.5 Å². The molecule has 0 unspecified atom stereocenters. The average molecular weight is 327 g/mol. The summed E-state index contributed by atoms with van der Waals surface area (Å²) < 4.78 is 14.8. The van der Waals surface area contributed by atoms with Gasteiger partial charge in [0.2, 0.25) is 0 Å². The van der Waals surface area contributed by atoms with Crippen molar-refractivity contribution in [2.24, 2.45) is 0 Å². The van der Waals surface area contributed by atoms with E-state index >= 15 is 0 Å². The molecule has 0 saturated carbocycles. The summed E-state index contributed by atoms with van der Waals surface area (Å²) in [5.74, 6) is -0.149. The van der Waals surface area contributed by atoms with E-state index < -0.39 is 11.8 Å². The predicted octanol–water partition coefficient (Wildman–Crippen LogP) is 2.01. The highest BCUT2D eigenvalue weighted by Crippen LogP contribution is 2.31. The number of benzene rings is 2. The fourth-order valence-electron chi connectivity index (χ4n) is 2.40. The normalized spacial score (nSPS) is 13.0. The third kappa shape index (κ3) is 2.72. The molecular weight excluding hydrogens is 314 g/mol. The van der Waals surface area contributed by atoms with Gasteiger partial charge < -0.3 is 14.2 Å². The Kier molecular flexibility index (Phi) is 4.26. The Hall–Kier alpha value is -3.19. The van der Waals surface area contributed by atoms with Crippen molar-refractivity contribution in [1.29, 1.82) is 0 Å². The van der Waals surface area contributed by atoms with Crippen LogP contribution in [0.2, 0.25) is 0 Å². The average Bonchev–Trinajstić information content (AvgIpc) is 2.85. The van der Waals surface area contributed by atoms with Crippen LogP contribution in [0.4, 0.5) is 5.69 Å². The van der Waals surface area contributed by atoms with Crippen molar-refractivity contribution >= 4 is 24.0 Å². The summed E-state index contributed by atoms with van der Waals surface area (Å²) in [6.07, 6.45) is 0. The largest absolute Gasteiger partial charge is 0.468 e. The van der Waals surface area contributed by atoms with Gasteiger partial charge in [0, 0.05) is 7.11 Å². The van der Waals surface area contributed by atoms with Gasteiger partial charge in [-0.2, -0.15) is 0 Å². The van der Waals surface area contributed by atoms with Crippen molar-refractivity contribution in [3.8, 4) is 11.5 Å². The van der Waals surface area contributed by atoms with Crippen molar-refractivity contribution < 1.29 is 28.6 Å². The van der Waals surface area contributed by atoms with E-state index in [9.17, 15) is 14.4 Å². The molecule has 0 spiro atoms. The lowest BCUT2D eigenvalue weighted by molar-refractivity contribution is -0.120. The van der Waals surface area contributed by atoms with Crippen LogP contribution >= 0.6 is 0 Å². The molecule has 1 aliphatic heterocycles. The molecule has 0 saturated heterocycles. The van der Waals surface area contributed by atoms with E-state index in [4.69, 9.17) is 14.2 Å². The van der Waals surface area contributed by atoms with Gasteiger partial charge in [0.05, 0.1) is 16.8 Å². The van der Waals surface area contributed by atoms with Crippen LogP contribution < -0.4 is 14.4 Å². The van der Waals surface area contributed by atoms with Gasteiger partial charge in [-0.3, -0.25) is 14.4 Å². The van der Waals surface area contributed by atoms with Gasteiger partial charge in [-0.05, 0) is 42.5 Å². The van der Waals surface area contributed by atoms with E-state index in [2.05, 4.69) is 0 Å². The van der Waals surface area contributed by atoms with E-state index in [-0.39, 0.29) is 30.1 Å². The lowest BCUT2D eigenvalue weighted by atomic mass is 10.1. The SMILES string of the molecule is COCOc1ccc(N2C(=O)c3ccc(OC=O)cc3C2=O)cc1. The highest BCUT2D eigenvalue weighted by Gasteiger charge is 2.37. The highest BCUT2D eigenvalue weighted by molar-refractivity contribution is 6.34. The minimum atomic E-state index is -0.475. The van der Waals surface area contributed by atoms with Crippen molar-refractivity contribution in [3.63, 3.8) is 0 Å². The maximum absolute atomic E-state index is 12.5. The Balaban J connectivity index is 1.88. The summed E-state index contributed by atoms with van der Waals surface area (Å²) in [6.45, 7) is 0.366. The van der Waals surface area contributed by atoms with Crippen LogP contribution in [0.3, 0.4) is 0 Å². The van der Waals surface area contributed by atoms with Crippen molar-refractivity contribution in [1.82, 2.24) is 0 Å². The molecule has 0 N–H and O–H groups in total. The van der Waals surface area contributed by atoms with Crippen LogP contribution in [0.15, 0.2) is 42.5 Å². The number of hydrogen-bond donors (Lipinski definition) is 0. The quantitative estimate of drug-likeness (QED) is 0.458. The smallest absolute Gasteiger partial charge is 0.298 e. The number of anilines is 1. The molecule has 24 heavy (non-hydrogen) atoms. The lowest BCUT2D eigenvalue weighted by Gasteiger charge is -2.14. The first-order valence-corrected chi connectivity index (χ1v) is 7.00. The topological polar surface area (TPSA) is 82.1 Å². The number of carbonyl (C=O) groups excluding carboxylic acids is 3. The summed E-state index contributed by atoms with van der Waals surface area (Å²) in [6, 6.07) is 10.8. The third-order valence-electron chi connectivity index (χ3n) is 3.48. The van der Waals surface area contributed by atoms with E-state index in [1.54, 1.807) is 24.3 Å². The Morgan fingerprint density at radius 1 is 0.958 bits per heavy atom. The van der Waals surface area contributed by atoms with Gasteiger partial charge in [0.25, 0.3) is 18.3 Å². The van der Waals surface area contributed by atoms with Crippen LogP contribution in [-0.4, -0.2) is 32.2 Å². The first-order chi connectivity index (χ1) is 11.7. The van der Waals surface area contributed by atoms with Gasteiger partial charge in [0.1, 0.15) is 11.5 Å². The molecule has 2 amide bonds. The fourth-order valence-corrected chi connectivity index (χ4v) is 2.40. The molecule has 1 aliphatic rings. The number of rotatable bonds is 6. The Bertz CT molecular complexity index is 799. The number of amides is 2. The molecule has 0 atom stereocenters. The van der Waals surface area contributed by atoms with Crippen LogP contribution in [0.1, 0.15) is 20.7 Å². The van der Waals surface area contributed by atoms with Gasteiger partial charge in [0.15, 0.2) is 6.79 Å². The Labute approximate surface area is 137 Å². The monoisotopic (exact) mass is 327 g/mol. The second-order valence-corrected chi connectivity index (χ2v) is 4.91. The molecule has 0 aliphatic carbocycles. The molecule has 2 aromatic rings. The van der Waals surface area contributed by atoms with Crippen LogP contribution in [0, 0.1) is 0 Å². The number of fused-ring (bicyclic) bond motifs is 1. The van der Waals surface area contributed by atoms with Gasteiger partial charge >= 0.3 is 0 Å². The van der Waals surface area contributed by atoms with E-state index in [0.717, 1.165) is 4.90 Å². The first-order valence-electron chi connectivity index (χ1n) is 7.00. The van der Waals surface area contributed by atoms with Gasteiger partial charge in [-0.1, -0.05) is 0 Å². The second kappa shape index (κ2) is 6.51. The van der Waals surface area contributed by atoms with Gasteiger partial charge in [-0.15, -0.1) is 0 Å². The maximum atomic E-state index is 12.5. The lowest BCUT2D eigenvalue weighted by Crippen LogP contribution is -2.29. The maximum Gasteiger partial charge on any atom is 0.298 e. The number of hydrogen-bond acceptors (Lipinski definition) is 6. The van der Waals surface area contributed by atoms with E-state index in [0.29, 0.717) is 11.4 Å². The number of imide groups is 1.